The topological polar surface area (TPSA) is 36.9 Å². The molecule has 1 N–H and O–H groups in total. The fourth-order valence-corrected chi connectivity index (χ4v) is 5.29. The molecule has 0 radical (unpaired) electrons. The molecule has 3 fully saturated rings. The highest BCUT2D eigenvalue weighted by molar-refractivity contribution is 14.0. The number of hydrogen-bond donors (Lipinski definition) is 1. The summed E-state index contributed by atoms with van der Waals surface area (Å²) in [5, 5.41) is 5.68. The number of likely N-dealkylation sites (tertiary alicyclic amines) is 1. The van der Waals surface area contributed by atoms with Crippen molar-refractivity contribution in [1.29, 1.82) is 0 Å². The molecule has 2 bridgehead atoms. The van der Waals surface area contributed by atoms with Gasteiger partial charge in [0.25, 0.3) is 0 Å². The van der Waals surface area contributed by atoms with Crippen molar-refractivity contribution in [3.05, 3.63) is 20.8 Å². The Kier molecular flexibility index (Phi) is 5.36. The SMILES string of the molecule is CN=C(NCc1csc(Br)c1)N1CC2C3CCC(O3)C2C1.I. The Labute approximate surface area is 160 Å². The van der Waals surface area contributed by atoms with Gasteiger partial charge in [0.15, 0.2) is 5.96 Å². The summed E-state index contributed by atoms with van der Waals surface area (Å²) in [4.78, 5) is 6.89. The molecule has 3 saturated heterocycles. The van der Waals surface area contributed by atoms with Crippen LogP contribution < -0.4 is 5.32 Å². The molecule has 4 unspecified atom stereocenters. The first kappa shape index (κ1) is 17.0. The van der Waals surface area contributed by atoms with Crippen LogP contribution in [0, 0.1) is 11.8 Å². The average molecular weight is 498 g/mol. The standard InChI is InChI=1S/C15H20BrN3OS.HI/c1-17-15(18-5-9-4-14(16)21-8-9)19-6-10-11(7-19)13-3-2-12(10)20-13;/h4,8,10-13H,2-3,5-7H2,1H3,(H,17,18);1H. The quantitative estimate of drug-likeness (QED) is 0.387. The molecular formula is C15H21BrIN3OS. The van der Waals surface area contributed by atoms with E-state index < -0.39 is 0 Å². The number of hydrogen-bond acceptors (Lipinski definition) is 3. The largest absolute Gasteiger partial charge is 0.374 e. The first-order chi connectivity index (χ1) is 10.2. The van der Waals surface area contributed by atoms with Crippen molar-refractivity contribution in [1.82, 2.24) is 10.2 Å². The minimum atomic E-state index is 0. The maximum Gasteiger partial charge on any atom is 0.193 e. The van der Waals surface area contributed by atoms with Gasteiger partial charge in [0.1, 0.15) is 0 Å². The highest BCUT2D eigenvalue weighted by atomic mass is 127. The fourth-order valence-electron chi connectivity index (χ4n) is 4.08. The van der Waals surface area contributed by atoms with Gasteiger partial charge in [-0.3, -0.25) is 4.99 Å². The van der Waals surface area contributed by atoms with E-state index >= 15 is 0 Å². The zero-order valence-corrected chi connectivity index (χ0v) is 17.2. The zero-order chi connectivity index (χ0) is 14.4. The van der Waals surface area contributed by atoms with Gasteiger partial charge < -0.3 is 15.0 Å². The number of thiophene rings is 1. The molecular weight excluding hydrogens is 477 g/mol. The Morgan fingerprint density at radius 3 is 2.64 bits per heavy atom. The minimum absolute atomic E-state index is 0. The van der Waals surface area contributed by atoms with Gasteiger partial charge in [-0.2, -0.15) is 0 Å². The van der Waals surface area contributed by atoms with Crippen LogP contribution in [0.15, 0.2) is 20.2 Å². The molecule has 4 rings (SSSR count). The van der Waals surface area contributed by atoms with Gasteiger partial charge in [-0.05, 0) is 45.8 Å². The van der Waals surface area contributed by atoms with E-state index in [1.807, 2.05) is 7.05 Å². The lowest BCUT2D eigenvalue weighted by molar-refractivity contribution is 0.0767. The molecule has 1 aromatic heterocycles. The highest BCUT2D eigenvalue weighted by Crippen LogP contribution is 2.47. The van der Waals surface area contributed by atoms with Crippen LogP contribution in [-0.2, 0) is 11.3 Å². The summed E-state index contributed by atoms with van der Waals surface area (Å²) in [6.45, 7) is 3.03. The van der Waals surface area contributed by atoms with Crippen LogP contribution in [0.4, 0.5) is 0 Å². The highest BCUT2D eigenvalue weighted by Gasteiger charge is 2.53. The summed E-state index contributed by atoms with van der Waals surface area (Å²) in [5.41, 5.74) is 1.30. The second-order valence-corrected chi connectivity index (χ2v) is 8.47. The van der Waals surface area contributed by atoms with E-state index in [0.717, 1.165) is 37.4 Å². The minimum Gasteiger partial charge on any atom is -0.374 e. The molecule has 0 aromatic carbocycles. The van der Waals surface area contributed by atoms with Crippen molar-refractivity contribution in [2.75, 3.05) is 20.1 Å². The van der Waals surface area contributed by atoms with Crippen LogP contribution in [0.25, 0.3) is 0 Å². The zero-order valence-electron chi connectivity index (χ0n) is 12.5. The Morgan fingerprint density at radius 2 is 2.09 bits per heavy atom. The predicted molar refractivity (Wildman–Crippen MR) is 104 cm³/mol. The molecule has 1 aromatic rings. The molecule has 7 heteroatoms. The summed E-state index contributed by atoms with van der Waals surface area (Å²) < 4.78 is 7.22. The lowest BCUT2D eigenvalue weighted by Crippen LogP contribution is -2.40. The molecule has 3 aliphatic heterocycles. The monoisotopic (exact) mass is 497 g/mol. The molecule has 4 nitrogen and oxygen atoms in total. The van der Waals surface area contributed by atoms with E-state index in [2.05, 4.69) is 42.6 Å². The van der Waals surface area contributed by atoms with Gasteiger partial charge in [0, 0.05) is 38.5 Å². The van der Waals surface area contributed by atoms with Crippen molar-refractivity contribution >= 4 is 57.2 Å². The molecule has 0 amide bonds. The van der Waals surface area contributed by atoms with Crippen molar-refractivity contribution in [2.24, 2.45) is 16.8 Å². The van der Waals surface area contributed by atoms with E-state index in [1.54, 1.807) is 11.3 Å². The number of halogens is 2. The summed E-state index contributed by atoms with van der Waals surface area (Å²) >= 11 is 5.24. The van der Waals surface area contributed by atoms with Crippen LogP contribution in [0.5, 0.6) is 0 Å². The average Bonchev–Trinajstić information content (AvgIpc) is 3.20. The molecule has 3 aliphatic rings. The molecule has 122 valence electrons. The van der Waals surface area contributed by atoms with Gasteiger partial charge >= 0.3 is 0 Å². The van der Waals surface area contributed by atoms with Crippen LogP contribution in [0.3, 0.4) is 0 Å². The van der Waals surface area contributed by atoms with Crippen LogP contribution >= 0.6 is 51.2 Å². The Bertz CT molecular complexity index is 549. The van der Waals surface area contributed by atoms with E-state index in [-0.39, 0.29) is 24.0 Å². The van der Waals surface area contributed by atoms with E-state index in [0.29, 0.717) is 12.2 Å². The van der Waals surface area contributed by atoms with Gasteiger partial charge in [-0.1, -0.05) is 0 Å². The summed E-state index contributed by atoms with van der Waals surface area (Å²) in [6, 6.07) is 2.16. The van der Waals surface area contributed by atoms with Gasteiger partial charge in [0.2, 0.25) is 0 Å². The van der Waals surface area contributed by atoms with Crippen LogP contribution in [-0.4, -0.2) is 43.2 Å². The van der Waals surface area contributed by atoms with Gasteiger partial charge in [0.05, 0.1) is 16.0 Å². The van der Waals surface area contributed by atoms with Crippen LogP contribution in [0.1, 0.15) is 18.4 Å². The first-order valence-electron chi connectivity index (χ1n) is 7.58. The summed E-state index contributed by atoms with van der Waals surface area (Å²) in [5.74, 6) is 2.47. The van der Waals surface area contributed by atoms with Crippen molar-refractivity contribution in [2.45, 2.75) is 31.6 Å². The molecule has 0 aliphatic carbocycles. The van der Waals surface area contributed by atoms with E-state index in [9.17, 15) is 0 Å². The second-order valence-electron chi connectivity index (χ2n) is 6.18. The van der Waals surface area contributed by atoms with Crippen molar-refractivity contribution in [3.63, 3.8) is 0 Å². The Hall–Kier alpha value is 0.140. The van der Waals surface area contributed by atoms with Crippen molar-refractivity contribution in [3.8, 4) is 0 Å². The number of fused-ring (bicyclic) bond motifs is 5. The van der Waals surface area contributed by atoms with E-state index in [4.69, 9.17) is 4.74 Å². The lowest BCUT2D eigenvalue weighted by Gasteiger charge is -2.23. The fraction of sp³-hybridized carbons (Fsp3) is 0.667. The number of ether oxygens (including phenoxy) is 1. The number of rotatable bonds is 2. The lowest BCUT2D eigenvalue weighted by atomic mass is 9.82. The van der Waals surface area contributed by atoms with E-state index in [1.165, 1.54) is 22.2 Å². The summed E-state index contributed by atoms with van der Waals surface area (Å²) in [6.07, 6.45) is 3.54. The van der Waals surface area contributed by atoms with Crippen LogP contribution in [0.2, 0.25) is 0 Å². The third kappa shape index (κ3) is 3.06. The molecule has 4 heterocycles. The molecule has 0 spiro atoms. The maximum atomic E-state index is 6.04. The predicted octanol–water partition coefficient (Wildman–Crippen LogP) is 3.31. The first-order valence-corrected chi connectivity index (χ1v) is 9.26. The van der Waals surface area contributed by atoms with Gasteiger partial charge in [-0.25, -0.2) is 0 Å². The number of nitrogens with zero attached hydrogens (tertiary/aromatic N) is 2. The third-order valence-corrected chi connectivity index (χ3v) is 6.59. The number of nitrogens with one attached hydrogen (secondary N) is 1. The smallest absolute Gasteiger partial charge is 0.193 e. The Morgan fingerprint density at radius 1 is 1.41 bits per heavy atom. The van der Waals surface area contributed by atoms with Gasteiger partial charge in [-0.15, -0.1) is 35.3 Å². The second kappa shape index (κ2) is 6.94. The summed E-state index contributed by atoms with van der Waals surface area (Å²) in [7, 11) is 1.88. The normalized spacial score (nSPS) is 33.0. The molecule has 22 heavy (non-hydrogen) atoms. The molecule has 4 atom stereocenters. The van der Waals surface area contributed by atoms with Crippen molar-refractivity contribution < 1.29 is 4.74 Å². The number of guanidine groups is 1. The maximum absolute atomic E-state index is 6.04. The molecule has 0 saturated carbocycles. The number of aliphatic imine (C=N–C) groups is 1. The Balaban J connectivity index is 0.00000144. The third-order valence-electron chi connectivity index (χ3n) is 5.04.